The van der Waals surface area contributed by atoms with Crippen molar-refractivity contribution < 1.29 is 19.1 Å². The van der Waals surface area contributed by atoms with Crippen LogP contribution in [0.3, 0.4) is 0 Å². The number of anilines is 1. The molecule has 0 saturated carbocycles. The van der Waals surface area contributed by atoms with Crippen molar-refractivity contribution >= 4 is 55.9 Å². The lowest BCUT2D eigenvalue weighted by atomic mass is 10.3. The molecule has 1 N–H and O–H groups in total. The summed E-state index contributed by atoms with van der Waals surface area (Å²) >= 11 is 5.88. The standard InChI is InChI=1S/C20H19BrN4O4S2/c1-3-9-25-16(11-29-14-6-4-13(21)5-7-14)23-24-20(25)31-12-17(26)22-18-15(8-10-30-18)19(27)28-2/h3-8,10H,1,9,11-12H2,2H3,(H,22,26). The molecule has 3 rings (SSSR count). The highest BCUT2D eigenvalue weighted by Crippen LogP contribution is 2.25. The average Bonchev–Trinajstić information content (AvgIpc) is 3.38. The summed E-state index contributed by atoms with van der Waals surface area (Å²) in [5.74, 6) is 0.671. The van der Waals surface area contributed by atoms with Crippen LogP contribution in [0.25, 0.3) is 0 Å². The van der Waals surface area contributed by atoms with Crippen LogP contribution in [0.15, 0.2) is 58.0 Å². The number of thioether (sulfide) groups is 1. The van der Waals surface area contributed by atoms with E-state index in [0.29, 0.717) is 33.8 Å². The number of allylic oxidation sites excluding steroid dienone is 1. The SMILES string of the molecule is C=CCn1c(COc2ccc(Br)cc2)nnc1SCC(=O)Nc1sccc1C(=O)OC. The van der Waals surface area contributed by atoms with Crippen LogP contribution >= 0.6 is 39.0 Å². The van der Waals surface area contributed by atoms with Crippen LogP contribution in [0.4, 0.5) is 5.00 Å². The predicted molar refractivity (Wildman–Crippen MR) is 124 cm³/mol. The summed E-state index contributed by atoms with van der Waals surface area (Å²) in [5, 5.41) is 13.8. The molecule has 8 nitrogen and oxygen atoms in total. The maximum atomic E-state index is 12.4. The van der Waals surface area contributed by atoms with Crippen molar-refractivity contribution in [1.29, 1.82) is 0 Å². The van der Waals surface area contributed by atoms with Crippen molar-refractivity contribution in [3.05, 3.63) is 64.2 Å². The first-order valence-electron chi connectivity index (χ1n) is 9.01. The average molecular weight is 523 g/mol. The highest BCUT2D eigenvalue weighted by molar-refractivity contribution is 9.10. The van der Waals surface area contributed by atoms with Gasteiger partial charge in [0.25, 0.3) is 0 Å². The molecule has 1 amide bonds. The van der Waals surface area contributed by atoms with Crippen LogP contribution in [0.5, 0.6) is 5.75 Å². The van der Waals surface area contributed by atoms with Gasteiger partial charge < -0.3 is 14.8 Å². The zero-order chi connectivity index (χ0) is 22.2. The Morgan fingerprint density at radius 3 is 2.77 bits per heavy atom. The molecular weight excluding hydrogens is 504 g/mol. The molecule has 1 aromatic carbocycles. The predicted octanol–water partition coefficient (Wildman–Crippen LogP) is 4.38. The van der Waals surface area contributed by atoms with Gasteiger partial charge in [-0.1, -0.05) is 33.8 Å². The van der Waals surface area contributed by atoms with E-state index in [-0.39, 0.29) is 18.3 Å². The minimum atomic E-state index is -0.495. The number of thiophene rings is 1. The quantitative estimate of drug-likeness (QED) is 0.239. The number of nitrogens with zero attached hydrogens (tertiary/aromatic N) is 3. The monoisotopic (exact) mass is 522 g/mol. The van der Waals surface area contributed by atoms with Gasteiger partial charge in [0.1, 0.15) is 17.4 Å². The molecule has 31 heavy (non-hydrogen) atoms. The van der Waals surface area contributed by atoms with Crippen LogP contribution < -0.4 is 10.1 Å². The number of halogens is 1. The number of hydrogen-bond acceptors (Lipinski definition) is 8. The Hall–Kier alpha value is -2.63. The molecule has 3 aromatic rings. The lowest BCUT2D eigenvalue weighted by molar-refractivity contribution is -0.113. The highest BCUT2D eigenvalue weighted by Gasteiger charge is 2.17. The molecule has 0 spiro atoms. The third-order valence-electron chi connectivity index (χ3n) is 3.94. The molecule has 0 aliphatic carbocycles. The maximum absolute atomic E-state index is 12.4. The molecule has 2 aromatic heterocycles. The minimum Gasteiger partial charge on any atom is -0.486 e. The van der Waals surface area contributed by atoms with Crippen molar-refractivity contribution in [3.8, 4) is 5.75 Å². The maximum Gasteiger partial charge on any atom is 0.340 e. The van der Waals surface area contributed by atoms with Gasteiger partial charge in [0.15, 0.2) is 11.0 Å². The molecule has 0 aliphatic rings. The Morgan fingerprint density at radius 2 is 2.06 bits per heavy atom. The Labute approximate surface area is 195 Å². The molecule has 0 fully saturated rings. The summed E-state index contributed by atoms with van der Waals surface area (Å²) in [6, 6.07) is 9.10. The second-order valence-electron chi connectivity index (χ2n) is 6.03. The number of aromatic nitrogens is 3. The molecule has 0 radical (unpaired) electrons. The summed E-state index contributed by atoms with van der Waals surface area (Å²) in [5.41, 5.74) is 0.327. The fraction of sp³-hybridized carbons (Fsp3) is 0.200. The minimum absolute atomic E-state index is 0.0986. The topological polar surface area (TPSA) is 95.3 Å². The molecule has 0 aliphatic heterocycles. The normalized spacial score (nSPS) is 10.5. The molecule has 0 unspecified atom stereocenters. The van der Waals surface area contributed by atoms with Gasteiger partial charge in [0.05, 0.1) is 18.4 Å². The first kappa shape index (κ1) is 23.0. The van der Waals surface area contributed by atoms with Crippen LogP contribution in [-0.4, -0.2) is 39.5 Å². The number of carbonyl (C=O) groups excluding carboxylic acids is 2. The first-order chi connectivity index (χ1) is 15.0. The number of hydrogen-bond donors (Lipinski definition) is 1. The van der Waals surface area contributed by atoms with Gasteiger partial charge in [-0.05, 0) is 35.7 Å². The van der Waals surface area contributed by atoms with Gasteiger partial charge in [0.2, 0.25) is 5.91 Å². The number of benzene rings is 1. The van der Waals surface area contributed by atoms with E-state index < -0.39 is 5.97 Å². The fourth-order valence-corrected chi connectivity index (χ4v) is 4.32. The highest BCUT2D eigenvalue weighted by atomic mass is 79.9. The molecule has 11 heteroatoms. The number of ether oxygens (including phenoxy) is 2. The fourth-order valence-electron chi connectivity index (χ4n) is 2.49. The third kappa shape index (κ3) is 6.18. The summed E-state index contributed by atoms with van der Waals surface area (Å²) in [6.45, 7) is 4.48. The largest absolute Gasteiger partial charge is 0.486 e. The van der Waals surface area contributed by atoms with Crippen molar-refractivity contribution in [2.75, 3.05) is 18.2 Å². The molecule has 0 saturated heterocycles. The van der Waals surface area contributed by atoms with Crippen LogP contribution in [0.1, 0.15) is 16.2 Å². The van der Waals surface area contributed by atoms with Gasteiger partial charge in [-0.25, -0.2) is 4.79 Å². The van der Waals surface area contributed by atoms with E-state index >= 15 is 0 Å². The Kier molecular flexibility index (Phi) is 8.27. The van der Waals surface area contributed by atoms with Gasteiger partial charge in [-0.3, -0.25) is 9.36 Å². The lowest BCUT2D eigenvalue weighted by Gasteiger charge is -2.09. The number of carbonyl (C=O) groups is 2. The number of esters is 1. The Morgan fingerprint density at radius 1 is 1.29 bits per heavy atom. The molecular formula is C20H19BrN4O4S2. The zero-order valence-corrected chi connectivity index (χ0v) is 19.8. The van der Waals surface area contributed by atoms with Crippen molar-refractivity contribution in [1.82, 2.24) is 14.8 Å². The van der Waals surface area contributed by atoms with Gasteiger partial charge in [0, 0.05) is 11.0 Å². The van der Waals surface area contributed by atoms with Gasteiger partial charge >= 0.3 is 5.97 Å². The van der Waals surface area contributed by atoms with E-state index in [1.165, 1.54) is 30.2 Å². The summed E-state index contributed by atoms with van der Waals surface area (Å²) in [4.78, 5) is 24.1. The Balaban J connectivity index is 1.61. The molecule has 162 valence electrons. The van der Waals surface area contributed by atoms with Gasteiger partial charge in [-0.2, -0.15) is 0 Å². The third-order valence-corrected chi connectivity index (χ3v) is 6.27. The number of methoxy groups -OCH3 is 1. The van der Waals surface area contributed by atoms with E-state index in [4.69, 9.17) is 9.47 Å². The van der Waals surface area contributed by atoms with E-state index in [9.17, 15) is 9.59 Å². The molecule has 2 heterocycles. The molecule has 0 atom stereocenters. The van der Waals surface area contributed by atoms with E-state index in [1.807, 2.05) is 28.8 Å². The second kappa shape index (κ2) is 11.1. The van der Waals surface area contributed by atoms with Crippen molar-refractivity contribution in [3.63, 3.8) is 0 Å². The Bertz CT molecular complexity index is 1070. The van der Waals surface area contributed by atoms with Crippen LogP contribution in [-0.2, 0) is 22.7 Å². The second-order valence-corrected chi connectivity index (χ2v) is 8.81. The first-order valence-corrected chi connectivity index (χ1v) is 11.7. The smallest absolute Gasteiger partial charge is 0.340 e. The van der Waals surface area contributed by atoms with Gasteiger partial charge in [-0.15, -0.1) is 28.1 Å². The summed E-state index contributed by atoms with van der Waals surface area (Å²) < 4.78 is 13.3. The van der Waals surface area contributed by atoms with E-state index in [0.717, 1.165) is 4.47 Å². The van der Waals surface area contributed by atoms with Crippen LogP contribution in [0.2, 0.25) is 0 Å². The zero-order valence-electron chi connectivity index (χ0n) is 16.5. The summed E-state index contributed by atoms with van der Waals surface area (Å²) in [6.07, 6.45) is 1.73. The number of nitrogens with one attached hydrogen (secondary N) is 1. The van der Waals surface area contributed by atoms with E-state index in [2.05, 4.69) is 38.0 Å². The van der Waals surface area contributed by atoms with Crippen molar-refractivity contribution in [2.45, 2.75) is 18.3 Å². The summed E-state index contributed by atoms with van der Waals surface area (Å²) in [7, 11) is 1.30. The van der Waals surface area contributed by atoms with Crippen molar-refractivity contribution in [2.24, 2.45) is 0 Å². The lowest BCUT2D eigenvalue weighted by Crippen LogP contribution is -2.16. The molecule has 0 bridgehead atoms. The number of rotatable bonds is 10. The number of amides is 1. The van der Waals surface area contributed by atoms with E-state index in [1.54, 1.807) is 17.5 Å². The van der Waals surface area contributed by atoms with Crippen LogP contribution in [0, 0.1) is 0 Å².